The normalized spacial score (nSPS) is 11.5. The van der Waals surface area contributed by atoms with Gasteiger partial charge >= 0.3 is 11.2 Å². The van der Waals surface area contributed by atoms with Gasteiger partial charge in [0.25, 0.3) is 0 Å². The van der Waals surface area contributed by atoms with Crippen LogP contribution < -0.4 is 20.7 Å². The van der Waals surface area contributed by atoms with E-state index in [0.29, 0.717) is 38.5 Å². The Morgan fingerprint density at radius 3 is 2.61 bits per heavy atom. The summed E-state index contributed by atoms with van der Waals surface area (Å²) in [6, 6.07) is 10.2. The van der Waals surface area contributed by atoms with E-state index >= 15 is 0 Å². The summed E-state index contributed by atoms with van der Waals surface area (Å²) in [5.41, 5.74) is 0.602. The quantitative estimate of drug-likeness (QED) is 0.516. The fourth-order valence-corrected chi connectivity index (χ4v) is 3.15. The fraction of sp³-hybridized carbons (Fsp3) is 0.105. The molecule has 0 amide bonds. The van der Waals surface area contributed by atoms with E-state index < -0.39 is 11.2 Å². The van der Waals surface area contributed by atoms with E-state index in [4.69, 9.17) is 21.1 Å². The van der Waals surface area contributed by atoms with Gasteiger partial charge in [-0.25, -0.2) is 4.79 Å². The molecule has 28 heavy (non-hydrogen) atoms. The minimum absolute atomic E-state index is 0.228. The van der Waals surface area contributed by atoms with Crippen molar-refractivity contribution < 1.29 is 9.47 Å². The Bertz CT molecular complexity index is 1350. The van der Waals surface area contributed by atoms with Crippen LogP contribution in [0.3, 0.4) is 0 Å². The highest BCUT2D eigenvalue weighted by molar-refractivity contribution is 6.31. The van der Waals surface area contributed by atoms with Gasteiger partial charge in [-0.15, -0.1) is 4.68 Å². The fourth-order valence-electron chi connectivity index (χ4n) is 2.98. The number of methoxy groups -OCH3 is 2. The van der Waals surface area contributed by atoms with E-state index in [1.54, 1.807) is 36.4 Å². The van der Waals surface area contributed by atoms with Crippen molar-refractivity contribution in [3.05, 3.63) is 67.8 Å². The lowest BCUT2D eigenvalue weighted by Gasteiger charge is -2.06. The molecule has 0 bridgehead atoms. The number of halogens is 1. The van der Waals surface area contributed by atoms with E-state index in [-0.39, 0.29) is 5.52 Å². The zero-order valence-corrected chi connectivity index (χ0v) is 15.7. The van der Waals surface area contributed by atoms with Gasteiger partial charge in [0.2, 0.25) is 0 Å². The third kappa shape index (κ3) is 2.93. The lowest BCUT2D eigenvalue weighted by atomic mass is 10.2. The summed E-state index contributed by atoms with van der Waals surface area (Å²) < 4.78 is 11.2. The number of aromatic amines is 2. The van der Waals surface area contributed by atoms with Gasteiger partial charge in [-0.2, -0.15) is 5.10 Å². The Morgan fingerprint density at radius 1 is 1.04 bits per heavy atom. The number of ether oxygens (including phenoxy) is 2. The number of H-pyrrole nitrogens is 2. The molecule has 2 heterocycles. The third-order valence-corrected chi connectivity index (χ3v) is 4.58. The van der Waals surface area contributed by atoms with E-state index in [0.717, 1.165) is 4.68 Å². The van der Waals surface area contributed by atoms with Gasteiger partial charge in [-0.05, 0) is 36.4 Å². The summed E-state index contributed by atoms with van der Waals surface area (Å²) in [7, 11) is 3.05. The maximum Gasteiger partial charge on any atom is 0.350 e. The van der Waals surface area contributed by atoms with E-state index in [9.17, 15) is 9.59 Å². The van der Waals surface area contributed by atoms with Crippen molar-refractivity contribution in [3.63, 3.8) is 0 Å². The van der Waals surface area contributed by atoms with Crippen molar-refractivity contribution in [2.45, 2.75) is 0 Å². The lowest BCUT2D eigenvalue weighted by molar-refractivity contribution is 0.402. The SMILES string of the molecule is COc1ccc(OC)c(/C=N/n2c(=O)[nH]c3c([nH]c4ccc(Cl)cc43)c2=O)c1. The summed E-state index contributed by atoms with van der Waals surface area (Å²) in [6.07, 6.45) is 1.36. The first kappa shape index (κ1) is 17.9. The Hall–Kier alpha value is -3.52. The summed E-state index contributed by atoms with van der Waals surface area (Å²) in [4.78, 5) is 31.0. The molecular weight excluding hydrogens is 384 g/mol. The van der Waals surface area contributed by atoms with Crippen molar-refractivity contribution >= 4 is 39.8 Å². The number of aromatic nitrogens is 3. The van der Waals surface area contributed by atoms with Gasteiger partial charge in [-0.1, -0.05) is 11.6 Å². The molecule has 0 saturated carbocycles. The summed E-state index contributed by atoms with van der Waals surface area (Å²) in [5.74, 6) is 1.11. The number of hydrogen-bond donors (Lipinski definition) is 2. The monoisotopic (exact) mass is 398 g/mol. The van der Waals surface area contributed by atoms with Gasteiger partial charge in [0.15, 0.2) is 0 Å². The first-order valence-electron chi connectivity index (χ1n) is 8.24. The van der Waals surface area contributed by atoms with E-state index in [1.165, 1.54) is 20.4 Å². The average molecular weight is 399 g/mol. The molecule has 0 aliphatic carbocycles. The van der Waals surface area contributed by atoms with Crippen molar-refractivity contribution in [3.8, 4) is 11.5 Å². The number of hydrogen-bond acceptors (Lipinski definition) is 5. The molecule has 0 fully saturated rings. The molecule has 2 aromatic heterocycles. The Balaban J connectivity index is 1.88. The standard InChI is InChI=1S/C19H15ClN4O4/c1-27-12-4-6-15(28-2)10(7-12)9-21-24-18(25)17-16(23-19(24)26)13-8-11(20)3-5-14(13)22-17/h3-9,22H,1-2H3,(H,23,26)/b21-9+. The van der Waals surface area contributed by atoms with Crippen LogP contribution in [0.2, 0.25) is 5.02 Å². The highest BCUT2D eigenvalue weighted by Gasteiger charge is 2.13. The molecule has 0 atom stereocenters. The molecule has 9 heteroatoms. The highest BCUT2D eigenvalue weighted by atomic mass is 35.5. The second kappa shape index (κ2) is 6.90. The van der Waals surface area contributed by atoms with Gasteiger partial charge in [0, 0.05) is 21.5 Å². The molecule has 0 unspecified atom stereocenters. The Kier molecular flexibility index (Phi) is 4.40. The molecule has 0 aliphatic heterocycles. The van der Waals surface area contributed by atoms with Crippen LogP contribution in [0.1, 0.15) is 5.56 Å². The number of fused-ring (bicyclic) bond motifs is 3. The van der Waals surface area contributed by atoms with Crippen molar-refractivity contribution in [1.29, 1.82) is 0 Å². The molecule has 2 aromatic carbocycles. The smallest absolute Gasteiger partial charge is 0.350 e. The molecule has 2 N–H and O–H groups in total. The number of benzene rings is 2. The van der Waals surface area contributed by atoms with E-state index in [1.807, 2.05) is 0 Å². The molecule has 0 radical (unpaired) electrons. The molecular formula is C19H15ClN4O4. The second-order valence-corrected chi connectivity index (χ2v) is 6.40. The maximum absolute atomic E-state index is 12.8. The number of rotatable bonds is 4. The van der Waals surface area contributed by atoms with Gasteiger partial charge < -0.3 is 19.4 Å². The largest absolute Gasteiger partial charge is 0.497 e. The van der Waals surface area contributed by atoms with Gasteiger partial charge in [0.1, 0.15) is 17.0 Å². The van der Waals surface area contributed by atoms with Crippen LogP contribution in [0.25, 0.3) is 21.9 Å². The predicted octanol–water partition coefficient (Wildman–Crippen LogP) is 2.72. The van der Waals surface area contributed by atoms with Crippen molar-refractivity contribution in [1.82, 2.24) is 14.6 Å². The van der Waals surface area contributed by atoms with Crippen LogP contribution in [0.5, 0.6) is 11.5 Å². The first-order chi connectivity index (χ1) is 13.5. The summed E-state index contributed by atoms with van der Waals surface area (Å²) in [5, 5.41) is 5.21. The lowest BCUT2D eigenvalue weighted by Crippen LogP contribution is -2.32. The summed E-state index contributed by atoms with van der Waals surface area (Å²) >= 11 is 6.02. The van der Waals surface area contributed by atoms with Crippen LogP contribution in [0, 0.1) is 0 Å². The zero-order chi connectivity index (χ0) is 19.8. The molecule has 0 spiro atoms. The Morgan fingerprint density at radius 2 is 1.86 bits per heavy atom. The molecule has 0 saturated heterocycles. The number of nitrogens with zero attached hydrogens (tertiary/aromatic N) is 2. The minimum atomic E-state index is -0.670. The van der Waals surface area contributed by atoms with Gasteiger partial charge in [0.05, 0.1) is 26.0 Å². The Labute approximate surface area is 163 Å². The molecule has 4 aromatic rings. The predicted molar refractivity (Wildman–Crippen MR) is 108 cm³/mol. The molecule has 0 aliphatic rings. The van der Waals surface area contributed by atoms with Crippen LogP contribution >= 0.6 is 11.6 Å². The van der Waals surface area contributed by atoms with Crippen LogP contribution in [-0.4, -0.2) is 35.1 Å². The van der Waals surface area contributed by atoms with E-state index in [2.05, 4.69) is 15.1 Å². The minimum Gasteiger partial charge on any atom is -0.497 e. The number of nitrogens with one attached hydrogen (secondary N) is 2. The average Bonchev–Trinajstić information content (AvgIpc) is 3.05. The summed E-state index contributed by atoms with van der Waals surface area (Å²) in [6.45, 7) is 0. The highest BCUT2D eigenvalue weighted by Crippen LogP contribution is 2.24. The van der Waals surface area contributed by atoms with Crippen LogP contribution in [0.15, 0.2) is 51.1 Å². The van der Waals surface area contributed by atoms with Crippen molar-refractivity contribution in [2.75, 3.05) is 14.2 Å². The molecule has 8 nitrogen and oxygen atoms in total. The topological polar surface area (TPSA) is 101 Å². The maximum atomic E-state index is 12.8. The first-order valence-corrected chi connectivity index (χ1v) is 8.62. The molecule has 4 rings (SSSR count). The molecule has 142 valence electrons. The van der Waals surface area contributed by atoms with Crippen molar-refractivity contribution in [2.24, 2.45) is 5.10 Å². The second-order valence-electron chi connectivity index (χ2n) is 5.96. The van der Waals surface area contributed by atoms with Crippen LogP contribution in [-0.2, 0) is 0 Å². The third-order valence-electron chi connectivity index (χ3n) is 4.34. The van der Waals surface area contributed by atoms with Gasteiger partial charge in [-0.3, -0.25) is 4.79 Å². The van der Waals surface area contributed by atoms with Crippen LogP contribution in [0.4, 0.5) is 0 Å². The zero-order valence-electron chi connectivity index (χ0n) is 14.9.